The Morgan fingerprint density at radius 3 is 2.60 bits per heavy atom. The quantitative estimate of drug-likeness (QED) is 0.801. The van der Waals surface area contributed by atoms with E-state index in [0.717, 1.165) is 0 Å². The van der Waals surface area contributed by atoms with Crippen LogP contribution in [0.5, 0.6) is 0 Å². The molecule has 2 rings (SSSR count). The van der Waals surface area contributed by atoms with Gasteiger partial charge in [-0.05, 0) is 25.3 Å². The predicted molar refractivity (Wildman–Crippen MR) is 64.9 cm³/mol. The maximum absolute atomic E-state index is 13.4. The van der Waals surface area contributed by atoms with Gasteiger partial charge in [-0.3, -0.25) is 0 Å². The van der Waals surface area contributed by atoms with E-state index in [9.17, 15) is 18.0 Å². The first-order valence-corrected chi connectivity index (χ1v) is 6.37. The highest BCUT2D eigenvalue weighted by molar-refractivity contribution is 5.75. The Balaban J connectivity index is 2.31. The molecule has 1 saturated heterocycles. The summed E-state index contributed by atoms with van der Waals surface area (Å²) in [7, 11) is 0. The second kappa shape index (κ2) is 5.44. The first-order chi connectivity index (χ1) is 9.40. The van der Waals surface area contributed by atoms with Crippen LogP contribution in [0.4, 0.5) is 13.2 Å². The smallest absolute Gasteiger partial charge is 0.421 e. The van der Waals surface area contributed by atoms with Crippen molar-refractivity contribution >= 4 is 5.97 Å². The van der Waals surface area contributed by atoms with Crippen LogP contribution < -0.4 is 0 Å². The molecule has 0 unspecified atom stereocenters. The maximum atomic E-state index is 13.4. The van der Waals surface area contributed by atoms with Crippen molar-refractivity contribution in [1.29, 1.82) is 0 Å². The molecule has 1 aliphatic rings. The van der Waals surface area contributed by atoms with Gasteiger partial charge in [0.15, 0.2) is 11.7 Å². The molecular formula is C14H15F3O3. The molecule has 0 N–H and O–H groups in total. The molecule has 2 atom stereocenters. The molecule has 0 amide bonds. The monoisotopic (exact) mass is 288 g/mol. The van der Waals surface area contributed by atoms with Crippen molar-refractivity contribution in [2.24, 2.45) is 0 Å². The average molecular weight is 288 g/mol. The third-order valence-electron chi connectivity index (χ3n) is 3.35. The molecule has 1 aromatic rings. The third-order valence-corrected chi connectivity index (χ3v) is 3.35. The molecule has 0 bridgehead atoms. The van der Waals surface area contributed by atoms with Crippen molar-refractivity contribution in [3.63, 3.8) is 0 Å². The molecule has 20 heavy (non-hydrogen) atoms. The zero-order chi connectivity index (χ0) is 14.8. The summed E-state index contributed by atoms with van der Waals surface area (Å²) >= 11 is 0. The lowest BCUT2D eigenvalue weighted by Gasteiger charge is -2.32. The molecule has 3 nitrogen and oxygen atoms in total. The fourth-order valence-corrected chi connectivity index (χ4v) is 2.39. The Morgan fingerprint density at radius 1 is 1.40 bits per heavy atom. The average Bonchev–Trinajstić information content (AvgIpc) is 2.86. The lowest BCUT2D eigenvalue weighted by atomic mass is 9.90. The molecule has 0 aliphatic carbocycles. The van der Waals surface area contributed by atoms with Gasteiger partial charge in [-0.25, -0.2) is 4.79 Å². The summed E-state index contributed by atoms with van der Waals surface area (Å²) in [6.07, 6.45) is -6.05. The largest absolute Gasteiger partial charge is 0.464 e. The second-order valence-electron chi connectivity index (χ2n) is 4.59. The van der Waals surface area contributed by atoms with Crippen LogP contribution in [-0.2, 0) is 19.9 Å². The lowest BCUT2D eigenvalue weighted by molar-refractivity contribution is -0.277. The molecule has 0 aromatic heterocycles. The highest BCUT2D eigenvalue weighted by Gasteiger charge is 2.62. The highest BCUT2D eigenvalue weighted by Crippen LogP contribution is 2.50. The number of esters is 1. The zero-order valence-corrected chi connectivity index (χ0v) is 10.9. The van der Waals surface area contributed by atoms with Crippen molar-refractivity contribution in [3.05, 3.63) is 35.9 Å². The van der Waals surface area contributed by atoms with Gasteiger partial charge < -0.3 is 9.47 Å². The summed E-state index contributed by atoms with van der Waals surface area (Å²) < 4.78 is 50.2. The van der Waals surface area contributed by atoms with Crippen molar-refractivity contribution in [2.75, 3.05) is 6.61 Å². The van der Waals surface area contributed by atoms with Crippen molar-refractivity contribution in [2.45, 2.75) is 37.6 Å². The summed E-state index contributed by atoms with van der Waals surface area (Å²) in [6, 6.07) is 7.39. The second-order valence-corrected chi connectivity index (χ2v) is 4.59. The van der Waals surface area contributed by atoms with Gasteiger partial charge in [0, 0.05) is 0 Å². The maximum Gasteiger partial charge on any atom is 0.421 e. The summed E-state index contributed by atoms with van der Waals surface area (Å²) in [6.45, 7) is 1.71. The van der Waals surface area contributed by atoms with Gasteiger partial charge in [0.1, 0.15) is 0 Å². The van der Waals surface area contributed by atoms with Crippen LogP contribution in [0, 0.1) is 0 Å². The standard InChI is InChI=1S/C14H15F3O3/c1-2-19-12(18)11-8-9-13(20-11,14(15,16)17)10-6-4-3-5-7-10/h3-7,11H,2,8-9H2,1H3/t11-,13-/m0/s1. The Labute approximate surface area is 114 Å². The van der Waals surface area contributed by atoms with Crippen LogP contribution in [0.1, 0.15) is 25.3 Å². The van der Waals surface area contributed by atoms with Crippen LogP contribution in [0.15, 0.2) is 30.3 Å². The van der Waals surface area contributed by atoms with Crippen molar-refractivity contribution in [3.8, 4) is 0 Å². The van der Waals surface area contributed by atoms with E-state index in [0.29, 0.717) is 0 Å². The van der Waals surface area contributed by atoms with Gasteiger partial charge >= 0.3 is 12.1 Å². The van der Waals surface area contributed by atoms with E-state index in [1.165, 1.54) is 24.3 Å². The topological polar surface area (TPSA) is 35.5 Å². The number of rotatable bonds is 3. The van der Waals surface area contributed by atoms with E-state index in [-0.39, 0.29) is 25.0 Å². The SMILES string of the molecule is CCOC(=O)[C@@H]1CC[C@](c2ccccc2)(C(F)(F)F)O1. The van der Waals surface area contributed by atoms with Gasteiger partial charge in [-0.15, -0.1) is 0 Å². The molecule has 1 fully saturated rings. The Morgan fingerprint density at radius 2 is 2.05 bits per heavy atom. The predicted octanol–water partition coefficient (Wildman–Crippen LogP) is 3.19. The van der Waals surface area contributed by atoms with Crippen LogP contribution in [0.3, 0.4) is 0 Å². The molecule has 1 aliphatic heterocycles. The minimum absolute atomic E-state index is 0.00671. The van der Waals surface area contributed by atoms with E-state index in [2.05, 4.69) is 0 Å². The number of halogens is 3. The van der Waals surface area contributed by atoms with E-state index in [4.69, 9.17) is 9.47 Å². The number of benzene rings is 1. The number of carbonyl (C=O) groups is 1. The van der Waals surface area contributed by atoms with E-state index in [1.54, 1.807) is 13.0 Å². The third kappa shape index (κ3) is 2.52. The molecule has 110 valence electrons. The first kappa shape index (κ1) is 14.8. The molecule has 6 heteroatoms. The normalized spacial score (nSPS) is 26.5. The van der Waals surface area contributed by atoms with E-state index >= 15 is 0 Å². The number of hydrogen-bond acceptors (Lipinski definition) is 3. The number of carbonyl (C=O) groups excluding carboxylic acids is 1. The van der Waals surface area contributed by atoms with Crippen LogP contribution in [0.25, 0.3) is 0 Å². The number of ether oxygens (including phenoxy) is 2. The van der Waals surface area contributed by atoms with Gasteiger partial charge in [-0.1, -0.05) is 30.3 Å². The Kier molecular flexibility index (Phi) is 4.04. The Bertz CT molecular complexity index is 472. The molecule has 0 spiro atoms. The van der Waals surface area contributed by atoms with Gasteiger partial charge in [-0.2, -0.15) is 13.2 Å². The number of alkyl halides is 3. The molecular weight excluding hydrogens is 273 g/mol. The minimum Gasteiger partial charge on any atom is -0.464 e. The van der Waals surface area contributed by atoms with Gasteiger partial charge in [0.2, 0.25) is 0 Å². The van der Waals surface area contributed by atoms with Crippen molar-refractivity contribution in [1.82, 2.24) is 0 Å². The highest BCUT2D eigenvalue weighted by atomic mass is 19.4. The lowest BCUT2D eigenvalue weighted by Crippen LogP contribution is -2.43. The van der Waals surface area contributed by atoms with E-state index < -0.39 is 23.9 Å². The van der Waals surface area contributed by atoms with Crippen LogP contribution in [-0.4, -0.2) is 24.9 Å². The fraction of sp³-hybridized carbons (Fsp3) is 0.500. The zero-order valence-electron chi connectivity index (χ0n) is 10.9. The summed E-state index contributed by atoms with van der Waals surface area (Å²) in [4.78, 5) is 11.6. The summed E-state index contributed by atoms with van der Waals surface area (Å²) in [5, 5.41) is 0. The molecule has 1 heterocycles. The van der Waals surface area contributed by atoms with Gasteiger partial charge in [0.05, 0.1) is 6.61 Å². The fourth-order valence-electron chi connectivity index (χ4n) is 2.39. The molecule has 0 saturated carbocycles. The van der Waals surface area contributed by atoms with Crippen LogP contribution >= 0.6 is 0 Å². The molecule has 1 aromatic carbocycles. The van der Waals surface area contributed by atoms with Gasteiger partial charge in [0.25, 0.3) is 0 Å². The summed E-state index contributed by atoms with van der Waals surface area (Å²) in [5.41, 5.74) is -2.41. The molecule has 0 radical (unpaired) electrons. The van der Waals surface area contributed by atoms with E-state index in [1.807, 2.05) is 0 Å². The minimum atomic E-state index is -4.59. The van der Waals surface area contributed by atoms with Crippen molar-refractivity contribution < 1.29 is 27.4 Å². The first-order valence-electron chi connectivity index (χ1n) is 6.37. The Hall–Kier alpha value is -1.56. The summed E-state index contributed by atoms with van der Waals surface area (Å²) in [5.74, 6) is -0.741. The number of hydrogen-bond donors (Lipinski definition) is 0. The van der Waals surface area contributed by atoms with Crippen LogP contribution in [0.2, 0.25) is 0 Å².